The van der Waals surface area contributed by atoms with Crippen molar-refractivity contribution in [1.29, 1.82) is 5.26 Å². The molecule has 6 heteroatoms. The Hall–Kier alpha value is -2.55. The third kappa shape index (κ3) is 2.30. The molecule has 1 unspecified atom stereocenters. The van der Waals surface area contributed by atoms with Crippen molar-refractivity contribution in [1.82, 2.24) is 0 Å². The maximum absolute atomic E-state index is 12.1. The molecule has 0 bridgehead atoms. The summed E-state index contributed by atoms with van der Waals surface area (Å²) in [6.07, 6.45) is -0.0345. The van der Waals surface area contributed by atoms with E-state index in [0.29, 0.717) is 35.6 Å². The number of carbonyl (C=O) groups is 2. The largest absolute Gasteiger partial charge is 0.490 e. The number of nitrogens with zero attached hydrogens (tertiary/aromatic N) is 2. The van der Waals surface area contributed by atoms with Crippen molar-refractivity contribution in [3.63, 3.8) is 0 Å². The molecule has 1 atom stereocenters. The van der Waals surface area contributed by atoms with Gasteiger partial charge in [0.1, 0.15) is 12.8 Å². The van der Waals surface area contributed by atoms with E-state index in [4.69, 9.17) is 14.7 Å². The number of hydrogen-bond donors (Lipinski definition) is 0. The van der Waals surface area contributed by atoms with Gasteiger partial charge in [0.15, 0.2) is 17.6 Å². The van der Waals surface area contributed by atoms with Crippen molar-refractivity contribution in [2.75, 3.05) is 18.1 Å². The van der Waals surface area contributed by atoms with E-state index in [-0.39, 0.29) is 12.5 Å². The van der Waals surface area contributed by atoms with E-state index in [1.165, 1.54) is 11.0 Å². The van der Waals surface area contributed by atoms with Crippen LogP contribution >= 0.6 is 0 Å². The SMILES string of the molecule is CCOc1cc(C=O)cc2c1OC(C)C(=O)N2CC#N. The predicted molar refractivity (Wildman–Crippen MR) is 71.1 cm³/mol. The first kappa shape index (κ1) is 13.9. The lowest BCUT2D eigenvalue weighted by Crippen LogP contribution is -2.44. The zero-order valence-electron chi connectivity index (χ0n) is 11.3. The number of carbonyl (C=O) groups excluding carboxylic acids is 2. The number of ether oxygens (including phenoxy) is 2. The second-order valence-corrected chi connectivity index (χ2v) is 4.26. The summed E-state index contributed by atoms with van der Waals surface area (Å²) in [6, 6.07) is 5.02. The van der Waals surface area contributed by atoms with E-state index < -0.39 is 6.10 Å². The second-order valence-electron chi connectivity index (χ2n) is 4.26. The van der Waals surface area contributed by atoms with Crippen LogP contribution in [0.4, 0.5) is 5.69 Å². The molecule has 1 aliphatic heterocycles. The molecule has 1 aromatic rings. The highest BCUT2D eigenvalue weighted by Gasteiger charge is 2.34. The zero-order valence-corrected chi connectivity index (χ0v) is 11.3. The minimum Gasteiger partial charge on any atom is -0.490 e. The average molecular weight is 274 g/mol. The molecule has 6 nitrogen and oxygen atoms in total. The minimum absolute atomic E-state index is 0.104. The molecule has 1 aromatic carbocycles. The van der Waals surface area contributed by atoms with Crippen LogP contribution in [-0.2, 0) is 4.79 Å². The van der Waals surface area contributed by atoms with Gasteiger partial charge >= 0.3 is 0 Å². The van der Waals surface area contributed by atoms with E-state index in [2.05, 4.69) is 0 Å². The van der Waals surface area contributed by atoms with E-state index >= 15 is 0 Å². The summed E-state index contributed by atoms with van der Waals surface area (Å²) in [5.74, 6) is 0.471. The number of hydrogen-bond acceptors (Lipinski definition) is 5. The lowest BCUT2D eigenvalue weighted by molar-refractivity contribution is -0.125. The van der Waals surface area contributed by atoms with Gasteiger partial charge in [-0.3, -0.25) is 14.5 Å². The molecular weight excluding hydrogens is 260 g/mol. The molecule has 20 heavy (non-hydrogen) atoms. The number of anilines is 1. The second kappa shape index (κ2) is 5.61. The van der Waals surface area contributed by atoms with E-state index in [9.17, 15) is 9.59 Å². The van der Waals surface area contributed by atoms with Crippen LogP contribution in [0.1, 0.15) is 24.2 Å². The van der Waals surface area contributed by atoms with Gasteiger partial charge in [-0.2, -0.15) is 5.26 Å². The zero-order chi connectivity index (χ0) is 14.7. The molecule has 0 N–H and O–H groups in total. The lowest BCUT2D eigenvalue weighted by atomic mass is 10.1. The maximum atomic E-state index is 12.1. The van der Waals surface area contributed by atoms with Crippen LogP contribution in [0, 0.1) is 11.3 Å². The summed E-state index contributed by atoms with van der Waals surface area (Å²) < 4.78 is 11.0. The smallest absolute Gasteiger partial charge is 0.268 e. The molecule has 0 radical (unpaired) electrons. The van der Waals surface area contributed by atoms with Crippen LogP contribution in [-0.4, -0.2) is 31.4 Å². The van der Waals surface area contributed by atoms with Gasteiger partial charge in [-0.05, 0) is 26.0 Å². The summed E-state index contributed by atoms with van der Waals surface area (Å²) in [7, 11) is 0. The monoisotopic (exact) mass is 274 g/mol. The summed E-state index contributed by atoms with van der Waals surface area (Å²) in [4.78, 5) is 24.4. The lowest BCUT2D eigenvalue weighted by Gasteiger charge is -2.32. The summed E-state index contributed by atoms with van der Waals surface area (Å²) in [6.45, 7) is 3.72. The Balaban J connectivity index is 2.60. The number of rotatable bonds is 4. The molecular formula is C14H14N2O4. The van der Waals surface area contributed by atoms with Crippen LogP contribution in [0.2, 0.25) is 0 Å². The number of nitriles is 1. The first-order valence-electron chi connectivity index (χ1n) is 6.23. The number of aldehydes is 1. The van der Waals surface area contributed by atoms with Gasteiger partial charge in [-0.15, -0.1) is 0 Å². The Bertz CT molecular complexity index is 592. The number of fused-ring (bicyclic) bond motifs is 1. The Labute approximate surface area is 116 Å². The van der Waals surface area contributed by atoms with Crippen molar-refractivity contribution in [2.45, 2.75) is 20.0 Å². The highest BCUT2D eigenvalue weighted by atomic mass is 16.5. The van der Waals surface area contributed by atoms with E-state index in [1.54, 1.807) is 13.0 Å². The van der Waals surface area contributed by atoms with Crippen LogP contribution in [0.15, 0.2) is 12.1 Å². The fourth-order valence-electron chi connectivity index (χ4n) is 2.06. The van der Waals surface area contributed by atoms with Gasteiger partial charge < -0.3 is 9.47 Å². The maximum Gasteiger partial charge on any atom is 0.268 e. The number of benzene rings is 1. The Morgan fingerprint density at radius 2 is 2.30 bits per heavy atom. The molecule has 1 aliphatic rings. The summed E-state index contributed by atoms with van der Waals surface area (Å²) in [5, 5.41) is 8.86. The fraction of sp³-hybridized carbons (Fsp3) is 0.357. The van der Waals surface area contributed by atoms with Crippen molar-refractivity contribution >= 4 is 17.9 Å². The van der Waals surface area contributed by atoms with Crippen LogP contribution in [0.5, 0.6) is 11.5 Å². The fourth-order valence-corrected chi connectivity index (χ4v) is 2.06. The highest BCUT2D eigenvalue weighted by Crippen LogP contribution is 2.42. The molecule has 0 saturated carbocycles. The first-order chi connectivity index (χ1) is 9.62. The topological polar surface area (TPSA) is 79.6 Å². The molecule has 0 fully saturated rings. The van der Waals surface area contributed by atoms with Gasteiger partial charge in [-0.1, -0.05) is 0 Å². The molecule has 1 amide bonds. The summed E-state index contributed by atoms with van der Waals surface area (Å²) >= 11 is 0. The van der Waals surface area contributed by atoms with E-state index in [1.807, 2.05) is 13.0 Å². The molecule has 0 spiro atoms. The van der Waals surface area contributed by atoms with Gasteiger partial charge in [0.05, 0.1) is 18.4 Å². The predicted octanol–water partition coefficient (Wildman–Crippen LogP) is 1.54. The van der Waals surface area contributed by atoms with Gasteiger partial charge in [0.2, 0.25) is 0 Å². The normalized spacial score (nSPS) is 16.9. The van der Waals surface area contributed by atoms with Crippen molar-refractivity contribution in [2.24, 2.45) is 0 Å². The third-order valence-electron chi connectivity index (χ3n) is 2.92. The third-order valence-corrected chi connectivity index (χ3v) is 2.92. The molecule has 0 aliphatic carbocycles. The Kier molecular flexibility index (Phi) is 3.89. The standard InChI is InChI=1S/C14H14N2O4/c1-3-19-12-7-10(8-17)6-11-13(12)20-9(2)14(18)16(11)5-4-15/h6-9H,3,5H2,1-2H3. The van der Waals surface area contributed by atoms with Crippen LogP contribution in [0.3, 0.4) is 0 Å². The molecule has 0 saturated heterocycles. The van der Waals surface area contributed by atoms with Crippen molar-refractivity contribution in [3.8, 4) is 17.6 Å². The van der Waals surface area contributed by atoms with Gasteiger partial charge in [-0.25, -0.2) is 0 Å². The average Bonchev–Trinajstić information content (AvgIpc) is 2.44. The quantitative estimate of drug-likeness (QED) is 0.614. The van der Waals surface area contributed by atoms with Crippen molar-refractivity contribution < 1.29 is 19.1 Å². The molecule has 1 heterocycles. The Morgan fingerprint density at radius 1 is 1.55 bits per heavy atom. The van der Waals surface area contributed by atoms with E-state index in [0.717, 1.165) is 0 Å². The Morgan fingerprint density at radius 3 is 2.90 bits per heavy atom. The minimum atomic E-state index is -0.697. The highest BCUT2D eigenvalue weighted by molar-refractivity contribution is 6.01. The summed E-state index contributed by atoms with van der Waals surface area (Å²) in [5.41, 5.74) is 0.754. The van der Waals surface area contributed by atoms with Crippen LogP contribution in [0.25, 0.3) is 0 Å². The molecule has 2 rings (SSSR count). The van der Waals surface area contributed by atoms with Crippen LogP contribution < -0.4 is 14.4 Å². The van der Waals surface area contributed by atoms with Crippen molar-refractivity contribution in [3.05, 3.63) is 17.7 Å². The van der Waals surface area contributed by atoms with Gasteiger partial charge in [0, 0.05) is 5.56 Å². The molecule has 104 valence electrons. The number of amides is 1. The van der Waals surface area contributed by atoms with Gasteiger partial charge in [0.25, 0.3) is 5.91 Å². The molecule has 0 aromatic heterocycles. The first-order valence-corrected chi connectivity index (χ1v) is 6.23.